The maximum absolute atomic E-state index is 9.74. The number of hydrogen-bond acceptors (Lipinski definition) is 4. The molecular weight excluding hydrogens is 302 g/mol. The molecule has 0 saturated heterocycles. The first kappa shape index (κ1) is 14.2. The highest BCUT2D eigenvalue weighted by Crippen LogP contribution is 2.28. The number of aromatic nitrogens is 5. The fourth-order valence-electron chi connectivity index (χ4n) is 2.83. The summed E-state index contributed by atoms with van der Waals surface area (Å²) in [6.07, 6.45) is 3.53. The van der Waals surface area contributed by atoms with Crippen LogP contribution in [0.3, 0.4) is 0 Å². The van der Waals surface area contributed by atoms with E-state index < -0.39 is 0 Å². The van der Waals surface area contributed by atoms with Crippen molar-refractivity contribution in [1.82, 2.24) is 24.8 Å². The van der Waals surface area contributed by atoms with Crippen LogP contribution in [0.15, 0.2) is 55.2 Å². The van der Waals surface area contributed by atoms with E-state index in [0.29, 0.717) is 0 Å². The summed E-state index contributed by atoms with van der Waals surface area (Å²) in [6.45, 7) is 3.88. The normalized spacial score (nSPS) is 11.0. The lowest BCUT2D eigenvalue weighted by Gasteiger charge is -2.07. The van der Waals surface area contributed by atoms with Gasteiger partial charge in [0.25, 0.3) is 0 Å². The Bertz CT molecular complexity index is 1060. The number of hydrogen-bond donors (Lipinski definition) is 1. The van der Waals surface area contributed by atoms with E-state index in [2.05, 4.69) is 22.0 Å². The maximum atomic E-state index is 9.74. The molecule has 0 atom stereocenters. The van der Waals surface area contributed by atoms with Gasteiger partial charge in [-0.15, -0.1) is 5.10 Å². The van der Waals surface area contributed by atoms with Gasteiger partial charge in [-0.1, -0.05) is 23.9 Å². The highest BCUT2D eigenvalue weighted by atomic mass is 16.3. The fraction of sp³-hybridized carbons (Fsp3) is 0.0556. The summed E-state index contributed by atoms with van der Waals surface area (Å²) < 4.78 is 3.53. The van der Waals surface area contributed by atoms with Gasteiger partial charge in [-0.3, -0.25) is 4.68 Å². The van der Waals surface area contributed by atoms with Crippen molar-refractivity contribution in [1.29, 1.82) is 0 Å². The second-order valence-electron chi connectivity index (χ2n) is 5.50. The molecule has 2 aromatic heterocycles. The van der Waals surface area contributed by atoms with Gasteiger partial charge in [-0.05, 0) is 30.3 Å². The van der Waals surface area contributed by atoms with Crippen LogP contribution in [-0.4, -0.2) is 29.9 Å². The minimum Gasteiger partial charge on any atom is -0.508 e. The van der Waals surface area contributed by atoms with Crippen molar-refractivity contribution in [3.8, 4) is 22.7 Å². The lowest BCUT2D eigenvalue weighted by molar-refractivity contribution is 0.475. The molecule has 0 fully saturated rings. The van der Waals surface area contributed by atoms with Gasteiger partial charge >= 0.3 is 0 Å². The summed E-state index contributed by atoms with van der Waals surface area (Å²) in [4.78, 5) is 0. The van der Waals surface area contributed by atoms with Crippen LogP contribution < -0.4 is 0 Å². The molecule has 4 rings (SSSR count). The van der Waals surface area contributed by atoms with Crippen molar-refractivity contribution in [3.63, 3.8) is 0 Å². The molecule has 1 N–H and O–H groups in total. The molecule has 6 nitrogen and oxygen atoms in total. The van der Waals surface area contributed by atoms with E-state index in [9.17, 15) is 5.11 Å². The van der Waals surface area contributed by atoms with Crippen LogP contribution in [0.25, 0.3) is 34.1 Å². The summed E-state index contributed by atoms with van der Waals surface area (Å²) in [5.74, 6) is 0.183. The summed E-state index contributed by atoms with van der Waals surface area (Å²) >= 11 is 0. The number of benzene rings is 2. The second-order valence-corrected chi connectivity index (χ2v) is 5.50. The van der Waals surface area contributed by atoms with E-state index in [-0.39, 0.29) is 5.75 Å². The molecule has 0 bridgehead atoms. The van der Waals surface area contributed by atoms with Crippen LogP contribution in [-0.2, 0) is 7.05 Å². The van der Waals surface area contributed by atoms with E-state index >= 15 is 0 Å². The summed E-state index contributed by atoms with van der Waals surface area (Å²) in [6, 6.07) is 12.9. The molecule has 2 heterocycles. The van der Waals surface area contributed by atoms with Crippen molar-refractivity contribution in [3.05, 3.63) is 60.8 Å². The Morgan fingerprint density at radius 1 is 1.17 bits per heavy atom. The molecule has 6 heteroatoms. The Hall–Kier alpha value is -3.41. The Balaban J connectivity index is 2.01. The second kappa shape index (κ2) is 5.34. The van der Waals surface area contributed by atoms with Crippen molar-refractivity contribution in [2.45, 2.75) is 0 Å². The number of phenols is 1. The third-order valence-corrected chi connectivity index (χ3v) is 3.99. The standard InChI is InChI=1S/C18H15N5O/c1-3-12-9-13(16-7-8-19-22(16)2)10-17-18(12)20-21-23(17)14-5-4-6-15(24)11-14/h3-11,24H,1H2,2H3. The van der Waals surface area contributed by atoms with Crippen molar-refractivity contribution in [2.24, 2.45) is 7.05 Å². The van der Waals surface area contributed by atoms with Crippen LogP contribution in [0.2, 0.25) is 0 Å². The number of aromatic hydroxyl groups is 1. The zero-order valence-electron chi connectivity index (χ0n) is 13.1. The van der Waals surface area contributed by atoms with Gasteiger partial charge in [0.1, 0.15) is 11.3 Å². The molecule has 24 heavy (non-hydrogen) atoms. The Labute approximate surface area is 138 Å². The molecular formula is C18H15N5O. The third-order valence-electron chi connectivity index (χ3n) is 3.99. The molecule has 0 aliphatic carbocycles. The largest absolute Gasteiger partial charge is 0.508 e. The average Bonchev–Trinajstić information content (AvgIpc) is 3.20. The highest BCUT2D eigenvalue weighted by Gasteiger charge is 2.13. The van der Waals surface area contributed by atoms with Crippen molar-refractivity contribution in [2.75, 3.05) is 0 Å². The summed E-state index contributed by atoms with van der Waals surface area (Å²) in [5, 5.41) is 22.5. The van der Waals surface area contributed by atoms with Crippen molar-refractivity contribution < 1.29 is 5.11 Å². The Morgan fingerprint density at radius 3 is 2.75 bits per heavy atom. The first-order valence-electron chi connectivity index (χ1n) is 7.47. The minimum absolute atomic E-state index is 0.183. The predicted octanol–water partition coefficient (Wildman–Crippen LogP) is 3.17. The smallest absolute Gasteiger partial charge is 0.120 e. The molecule has 0 radical (unpaired) electrons. The number of phenolic OH excluding ortho intramolecular Hbond substituents is 1. The van der Waals surface area contributed by atoms with Gasteiger partial charge in [0.15, 0.2) is 0 Å². The number of rotatable bonds is 3. The Kier molecular flexibility index (Phi) is 3.16. The van der Waals surface area contributed by atoms with E-state index in [1.54, 1.807) is 35.2 Å². The Morgan fingerprint density at radius 2 is 2.04 bits per heavy atom. The topological polar surface area (TPSA) is 68.8 Å². The first-order valence-corrected chi connectivity index (χ1v) is 7.47. The summed E-state index contributed by atoms with van der Waals surface area (Å²) in [7, 11) is 1.90. The van der Waals surface area contributed by atoms with Gasteiger partial charge in [-0.2, -0.15) is 5.10 Å². The lowest BCUT2D eigenvalue weighted by Crippen LogP contribution is -1.97. The zero-order valence-corrected chi connectivity index (χ0v) is 13.1. The van der Waals surface area contributed by atoms with E-state index in [4.69, 9.17) is 0 Å². The zero-order chi connectivity index (χ0) is 16.7. The van der Waals surface area contributed by atoms with Gasteiger partial charge in [0.05, 0.1) is 16.9 Å². The highest BCUT2D eigenvalue weighted by molar-refractivity contribution is 5.89. The molecule has 0 aliphatic heterocycles. The molecule has 0 aliphatic rings. The van der Waals surface area contributed by atoms with Crippen LogP contribution in [0.5, 0.6) is 5.75 Å². The van der Waals surface area contributed by atoms with Gasteiger partial charge < -0.3 is 5.11 Å². The molecule has 0 saturated carbocycles. The molecule has 0 unspecified atom stereocenters. The quantitative estimate of drug-likeness (QED) is 0.630. The van der Waals surface area contributed by atoms with Crippen LogP contribution in [0, 0.1) is 0 Å². The van der Waals surface area contributed by atoms with Crippen LogP contribution >= 0.6 is 0 Å². The number of aryl methyl sites for hydroxylation is 1. The molecule has 4 aromatic rings. The van der Waals surface area contributed by atoms with Crippen molar-refractivity contribution >= 4 is 17.1 Å². The van der Waals surface area contributed by atoms with E-state index in [1.807, 2.05) is 36.0 Å². The van der Waals surface area contributed by atoms with Gasteiger partial charge in [-0.25, -0.2) is 4.68 Å². The van der Waals surface area contributed by atoms with Crippen LogP contribution in [0.1, 0.15) is 5.56 Å². The fourth-order valence-corrected chi connectivity index (χ4v) is 2.83. The molecule has 0 amide bonds. The maximum Gasteiger partial charge on any atom is 0.120 e. The lowest BCUT2D eigenvalue weighted by atomic mass is 10.1. The van der Waals surface area contributed by atoms with E-state index in [1.165, 1.54) is 0 Å². The van der Waals surface area contributed by atoms with Gasteiger partial charge in [0, 0.05) is 30.4 Å². The monoisotopic (exact) mass is 317 g/mol. The van der Waals surface area contributed by atoms with Crippen LogP contribution in [0.4, 0.5) is 0 Å². The minimum atomic E-state index is 0.183. The summed E-state index contributed by atoms with van der Waals surface area (Å²) in [5.41, 5.74) is 5.24. The molecule has 0 spiro atoms. The number of fused-ring (bicyclic) bond motifs is 1. The predicted molar refractivity (Wildman–Crippen MR) is 92.8 cm³/mol. The molecule has 118 valence electrons. The number of nitrogens with zero attached hydrogens (tertiary/aromatic N) is 5. The van der Waals surface area contributed by atoms with Gasteiger partial charge in [0.2, 0.25) is 0 Å². The first-order chi connectivity index (χ1) is 11.7. The third kappa shape index (κ3) is 2.16. The average molecular weight is 317 g/mol. The molecule has 2 aromatic carbocycles. The SMILES string of the molecule is C=Cc1cc(-c2ccnn2C)cc2c1nnn2-c1cccc(O)c1. The van der Waals surface area contributed by atoms with E-state index in [0.717, 1.165) is 33.5 Å².